The van der Waals surface area contributed by atoms with Crippen LogP contribution in [0.1, 0.15) is 10.5 Å². The molecular formula is C14H13NO4. The van der Waals surface area contributed by atoms with Crippen molar-refractivity contribution >= 4 is 5.97 Å². The highest BCUT2D eigenvalue weighted by Crippen LogP contribution is 2.34. The molecule has 0 unspecified atom stereocenters. The largest absolute Gasteiger partial charge is 0.486 e. The van der Waals surface area contributed by atoms with Gasteiger partial charge in [-0.1, -0.05) is 6.07 Å². The molecule has 0 aliphatic carbocycles. The lowest BCUT2D eigenvalue weighted by Crippen LogP contribution is -2.15. The van der Waals surface area contributed by atoms with E-state index in [2.05, 4.69) is 0 Å². The van der Waals surface area contributed by atoms with Crippen molar-refractivity contribution in [3.63, 3.8) is 0 Å². The molecule has 0 bridgehead atoms. The highest BCUT2D eigenvalue weighted by Gasteiger charge is 2.15. The maximum absolute atomic E-state index is 11.0. The van der Waals surface area contributed by atoms with E-state index in [1.807, 2.05) is 18.2 Å². The van der Waals surface area contributed by atoms with E-state index in [-0.39, 0.29) is 5.69 Å². The average molecular weight is 259 g/mol. The van der Waals surface area contributed by atoms with Crippen molar-refractivity contribution in [1.29, 1.82) is 0 Å². The molecular weight excluding hydrogens is 246 g/mol. The van der Waals surface area contributed by atoms with Crippen molar-refractivity contribution < 1.29 is 19.4 Å². The van der Waals surface area contributed by atoms with Gasteiger partial charge in [0, 0.05) is 18.8 Å². The van der Waals surface area contributed by atoms with Gasteiger partial charge in [0.25, 0.3) is 0 Å². The van der Waals surface area contributed by atoms with Crippen LogP contribution < -0.4 is 9.47 Å². The number of nitrogens with zero attached hydrogens (tertiary/aromatic N) is 1. The van der Waals surface area contributed by atoms with Crippen LogP contribution in [0.5, 0.6) is 11.5 Å². The summed E-state index contributed by atoms with van der Waals surface area (Å²) < 4.78 is 12.6. The van der Waals surface area contributed by atoms with E-state index in [4.69, 9.17) is 14.6 Å². The third kappa shape index (κ3) is 2.03. The minimum absolute atomic E-state index is 0.255. The molecule has 0 spiro atoms. The van der Waals surface area contributed by atoms with Gasteiger partial charge in [0.05, 0.1) is 0 Å². The second-order valence-electron chi connectivity index (χ2n) is 4.39. The van der Waals surface area contributed by atoms with Gasteiger partial charge in [-0.2, -0.15) is 0 Å². The molecule has 1 aromatic heterocycles. The Morgan fingerprint density at radius 3 is 2.58 bits per heavy atom. The lowest BCUT2D eigenvalue weighted by atomic mass is 10.1. The van der Waals surface area contributed by atoms with Crippen LogP contribution in [0.3, 0.4) is 0 Å². The fraction of sp³-hybridized carbons (Fsp3) is 0.214. The first-order valence-electron chi connectivity index (χ1n) is 5.95. The minimum Gasteiger partial charge on any atom is -0.486 e. The molecule has 2 aromatic rings. The molecule has 0 atom stereocenters. The quantitative estimate of drug-likeness (QED) is 0.897. The zero-order valence-electron chi connectivity index (χ0n) is 10.4. The molecule has 2 heterocycles. The van der Waals surface area contributed by atoms with Crippen LogP contribution in [0.4, 0.5) is 0 Å². The summed E-state index contributed by atoms with van der Waals surface area (Å²) in [5.74, 6) is 0.486. The highest BCUT2D eigenvalue weighted by molar-refractivity contribution is 5.88. The molecule has 5 heteroatoms. The lowest BCUT2D eigenvalue weighted by Gasteiger charge is -2.18. The van der Waals surface area contributed by atoms with Crippen molar-refractivity contribution in [3.8, 4) is 22.6 Å². The number of hydrogen-bond donors (Lipinski definition) is 1. The summed E-state index contributed by atoms with van der Waals surface area (Å²) >= 11 is 0. The Morgan fingerprint density at radius 1 is 1.16 bits per heavy atom. The van der Waals surface area contributed by atoms with Gasteiger partial charge in [-0.25, -0.2) is 4.79 Å². The summed E-state index contributed by atoms with van der Waals surface area (Å²) in [6.45, 7) is 1.09. The van der Waals surface area contributed by atoms with Gasteiger partial charge < -0.3 is 19.1 Å². The first-order chi connectivity index (χ1) is 9.15. The Bertz CT molecular complexity index is 645. The summed E-state index contributed by atoms with van der Waals surface area (Å²) in [5.41, 5.74) is 2.01. The average Bonchev–Trinajstić information content (AvgIpc) is 2.80. The van der Waals surface area contributed by atoms with Crippen LogP contribution in [0.25, 0.3) is 11.1 Å². The number of fused-ring (bicyclic) bond motifs is 1. The van der Waals surface area contributed by atoms with E-state index >= 15 is 0 Å². The van der Waals surface area contributed by atoms with Gasteiger partial charge in [0.2, 0.25) is 0 Å². The van der Waals surface area contributed by atoms with Crippen LogP contribution in [0.15, 0.2) is 30.5 Å². The van der Waals surface area contributed by atoms with E-state index in [9.17, 15) is 4.79 Å². The Balaban J connectivity index is 2.02. The standard InChI is InChI=1S/C14H13NO4/c1-15-8-10(6-11(15)14(16)17)9-2-3-12-13(7-9)19-5-4-18-12/h2-3,6-8H,4-5H2,1H3,(H,16,17). The van der Waals surface area contributed by atoms with Gasteiger partial charge in [-0.3, -0.25) is 0 Å². The Morgan fingerprint density at radius 2 is 1.89 bits per heavy atom. The van der Waals surface area contributed by atoms with Crippen molar-refractivity contribution in [2.24, 2.45) is 7.05 Å². The summed E-state index contributed by atoms with van der Waals surface area (Å²) in [7, 11) is 1.71. The SMILES string of the molecule is Cn1cc(-c2ccc3c(c2)OCCO3)cc1C(=O)O. The molecule has 3 rings (SSSR count). The number of carboxylic acid groups (broad SMARTS) is 1. The summed E-state index contributed by atoms with van der Waals surface area (Å²) in [4.78, 5) is 11.0. The molecule has 1 aliphatic rings. The summed E-state index contributed by atoms with van der Waals surface area (Å²) in [6, 6.07) is 7.26. The van der Waals surface area contributed by atoms with Crippen LogP contribution in [-0.2, 0) is 7.05 Å². The summed E-state index contributed by atoms with van der Waals surface area (Å²) in [6.07, 6.45) is 1.79. The van der Waals surface area contributed by atoms with Crippen molar-refractivity contribution in [2.75, 3.05) is 13.2 Å². The molecule has 1 aromatic carbocycles. The van der Waals surface area contributed by atoms with E-state index < -0.39 is 5.97 Å². The van der Waals surface area contributed by atoms with Crippen LogP contribution >= 0.6 is 0 Å². The van der Waals surface area contributed by atoms with Crippen LogP contribution in [0.2, 0.25) is 0 Å². The monoisotopic (exact) mass is 259 g/mol. The molecule has 0 saturated heterocycles. The predicted octanol–water partition coefficient (Wildman–Crippen LogP) is 2.16. The Kier molecular flexibility index (Phi) is 2.67. The minimum atomic E-state index is -0.939. The van der Waals surface area contributed by atoms with E-state index in [1.54, 1.807) is 23.9 Å². The number of carbonyl (C=O) groups is 1. The zero-order chi connectivity index (χ0) is 13.4. The first-order valence-corrected chi connectivity index (χ1v) is 5.95. The number of rotatable bonds is 2. The summed E-state index contributed by atoms with van der Waals surface area (Å²) in [5, 5.41) is 9.05. The molecule has 19 heavy (non-hydrogen) atoms. The second-order valence-corrected chi connectivity index (χ2v) is 4.39. The number of ether oxygens (including phenoxy) is 2. The normalized spacial score (nSPS) is 13.3. The number of aryl methyl sites for hydroxylation is 1. The van der Waals surface area contributed by atoms with Gasteiger partial charge in [0.15, 0.2) is 11.5 Å². The molecule has 0 saturated carbocycles. The first kappa shape index (κ1) is 11.6. The lowest BCUT2D eigenvalue weighted by molar-refractivity contribution is 0.0686. The molecule has 0 radical (unpaired) electrons. The van der Waals surface area contributed by atoms with Gasteiger partial charge in [-0.05, 0) is 23.8 Å². The molecule has 1 N–H and O–H groups in total. The van der Waals surface area contributed by atoms with Gasteiger partial charge >= 0.3 is 5.97 Å². The molecule has 5 nitrogen and oxygen atoms in total. The predicted molar refractivity (Wildman–Crippen MR) is 68.8 cm³/mol. The van der Waals surface area contributed by atoms with Crippen molar-refractivity contribution in [3.05, 3.63) is 36.2 Å². The number of carboxylic acids is 1. The van der Waals surface area contributed by atoms with E-state index in [0.717, 1.165) is 16.9 Å². The van der Waals surface area contributed by atoms with E-state index in [1.165, 1.54) is 0 Å². The maximum atomic E-state index is 11.0. The van der Waals surface area contributed by atoms with Gasteiger partial charge in [0.1, 0.15) is 18.9 Å². The Hall–Kier alpha value is -2.43. The van der Waals surface area contributed by atoms with Crippen molar-refractivity contribution in [1.82, 2.24) is 4.57 Å². The number of benzene rings is 1. The zero-order valence-corrected chi connectivity index (χ0v) is 10.4. The number of hydrogen-bond acceptors (Lipinski definition) is 3. The smallest absolute Gasteiger partial charge is 0.352 e. The third-order valence-corrected chi connectivity index (χ3v) is 3.10. The fourth-order valence-corrected chi connectivity index (χ4v) is 2.16. The molecule has 0 fully saturated rings. The third-order valence-electron chi connectivity index (χ3n) is 3.10. The number of aromatic nitrogens is 1. The van der Waals surface area contributed by atoms with E-state index in [0.29, 0.717) is 19.0 Å². The number of aromatic carboxylic acids is 1. The maximum Gasteiger partial charge on any atom is 0.352 e. The molecule has 98 valence electrons. The van der Waals surface area contributed by atoms with Crippen LogP contribution in [0, 0.1) is 0 Å². The van der Waals surface area contributed by atoms with Gasteiger partial charge in [-0.15, -0.1) is 0 Å². The second kappa shape index (κ2) is 4.35. The highest BCUT2D eigenvalue weighted by atomic mass is 16.6. The van der Waals surface area contributed by atoms with Crippen LogP contribution in [-0.4, -0.2) is 28.9 Å². The molecule has 0 amide bonds. The Labute approximate surface area is 110 Å². The fourth-order valence-electron chi connectivity index (χ4n) is 2.16. The van der Waals surface area contributed by atoms with Crippen molar-refractivity contribution in [2.45, 2.75) is 0 Å². The topological polar surface area (TPSA) is 60.7 Å². The molecule has 1 aliphatic heterocycles.